The Bertz CT molecular complexity index is 1040. The summed E-state index contributed by atoms with van der Waals surface area (Å²) in [4.78, 5) is 49.3. The van der Waals surface area contributed by atoms with E-state index in [1.54, 1.807) is 41.5 Å². The molecule has 35 heavy (non-hydrogen) atoms. The molecule has 0 aromatic carbocycles. The highest BCUT2D eigenvalue weighted by Crippen LogP contribution is 2.34. The number of carbonyl (C=O) groups is 2. The normalized spacial score (nSPS) is 22.5. The largest absolute Gasteiger partial charge is 0.509 e. The molecule has 0 aliphatic carbocycles. The third-order valence-electron chi connectivity index (χ3n) is 4.61. The van der Waals surface area contributed by atoms with Gasteiger partial charge in [-0.1, -0.05) is 0 Å². The number of aromatic nitrogens is 2. The predicted octanol–water partition coefficient (Wildman–Crippen LogP) is 1.82. The van der Waals surface area contributed by atoms with E-state index in [-0.39, 0.29) is 12.1 Å². The monoisotopic (exact) mass is 504 g/mol. The first-order chi connectivity index (χ1) is 16.0. The number of alkyl halides is 1. The van der Waals surface area contributed by atoms with Crippen LogP contribution in [-0.2, 0) is 30.2 Å². The number of aliphatic hydroxyl groups excluding tert-OH is 1. The molecular weight excluding hydrogens is 471 g/mol. The van der Waals surface area contributed by atoms with Gasteiger partial charge in [0.05, 0.1) is 13.2 Å². The van der Waals surface area contributed by atoms with Crippen molar-refractivity contribution in [3.63, 3.8) is 0 Å². The lowest BCUT2D eigenvalue weighted by Crippen LogP contribution is -2.44. The van der Waals surface area contributed by atoms with Gasteiger partial charge in [0.25, 0.3) is 5.56 Å². The first kappa shape index (κ1) is 28.3. The molecule has 0 saturated carbocycles. The van der Waals surface area contributed by atoms with Gasteiger partial charge in [-0.15, -0.1) is 0 Å². The Balaban J connectivity index is 2.36. The highest BCUT2D eigenvalue weighted by atomic mass is 19.1. The maximum atomic E-state index is 15.6. The smallest absolute Gasteiger partial charge is 0.431 e. The van der Waals surface area contributed by atoms with Crippen LogP contribution in [0.25, 0.3) is 0 Å². The van der Waals surface area contributed by atoms with Gasteiger partial charge >= 0.3 is 18.0 Å². The Morgan fingerprint density at radius 3 is 2.20 bits per heavy atom. The zero-order valence-electron chi connectivity index (χ0n) is 20.9. The average molecular weight is 505 g/mol. The molecule has 1 saturated heterocycles. The molecule has 1 unspecified atom stereocenters. The van der Waals surface area contributed by atoms with Gasteiger partial charge < -0.3 is 28.8 Å². The summed E-state index contributed by atoms with van der Waals surface area (Å²) in [6.07, 6.45) is -7.83. The minimum absolute atomic E-state index is 0.0897. The molecule has 4 atom stereocenters. The van der Waals surface area contributed by atoms with Crippen molar-refractivity contribution in [1.82, 2.24) is 9.13 Å². The Kier molecular flexibility index (Phi) is 8.71. The molecule has 13 heteroatoms. The number of nitrogens with zero attached hydrogens (tertiary/aromatic N) is 2. The fourth-order valence-electron chi connectivity index (χ4n) is 3.25. The van der Waals surface area contributed by atoms with Crippen molar-refractivity contribution >= 4 is 12.3 Å². The van der Waals surface area contributed by atoms with E-state index in [9.17, 15) is 24.3 Å². The molecule has 2 rings (SSSR count). The minimum atomic E-state index is -2.10. The number of hydrogen-bond acceptors (Lipinski definition) is 10. The first-order valence-corrected chi connectivity index (χ1v) is 11.0. The van der Waals surface area contributed by atoms with Crippen molar-refractivity contribution in [2.45, 2.75) is 90.8 Å². The van der Waals surface area contributed by atoms with E-state index in [1.807, 2.05) is 0 Å². The second kappa shape index (κ2) is 10.8. The third-order valence-corrected chi connectivity index (χ3v) is 4.61. The molecule has 1 aliphatic rings. The van der Waals surface area contributed by atoms with E-state index in [0.717, 1.165) is 15.3 Å². The summed E-state index contributed by atoms with van der Waals surface area (Å²) in [7, 11) is 0. The quantitative estimate of drug-likeness (QED) is 0.570. The van der Waals surface area contributed by atoms with E-state index in [1.165, 1.54) is 6.92 Å². The van der Waals surface area contributed by atoms with E-state index < -0.39 is 72.6 Å². The lowest BCUT2D eigenvalue weighted by molar-refractivity contribution is -0.0824. The molecule has 0 radical (unpaired) electrons. The summed E-state index contributed by atoms with van der Waals surface area (Å²) in [5, 5.41) is 9.20. The number of aliphatic hydroxyl groups is 1. The summed E-state index contributed by atoms with van der Waals surface area (Å²) in [5.41, 5.74) is -3.28. The third kappa shape index (κ3) is 7.52. The van der Waals surface area contributed by atoms with Crippen LogP contribution in [0.3, 0.4) is 0 Å². The molecule has 1 fully saturated rings. The summed E-state index contributed by atoms with van der Waals surface area (Å²) in [5.74, 6) is 0. The fourth-order valence-corrected chi connectivity index (χ4v) is 3.25. The standard InChI is InChI=1S/C22H33FN2O10/c1-12-10-25(18(28)24(8-9-26)16(12)27)17-14(23)15(33-20(30)35-22(5,6)7)13(32-17)11-31-19(29)34-21(2,3)4/h10,13-15,17,26H,8-9,11H2,1-7H3/t13-,14?,15+,17-/m1/s1. The Morgan fingerprint density at radius 2 is 1.66 bits per heavy atom. The second-order valence-corrected chi connectivity index (χ2v) is 10.0. The highest BCUT2D eigenvalue weighted by Gasteiger charge is 2.50. The molecule has 0 spiro atoms. The van der Waals surface area contributed by atoms with Gasteiger partial charge in [0.15, 0.2) is 18.5 Å². The second-order valence-electron chi connectivity index (χ2n) is 10.0. The number of carbonyl (C=O) groups excluding carboxylic acids is 2. The van der Waals surface area contributed by atoms with Crippen LogP contribution in [0.15, 0.2) is 15.8 Å². The van der Waals surface area contributed by atoms with Gasteiger partial charge in [0.1, 0.15) is 23.9 Å². The lowest BCUT2D eigenvalue weighted by Gasteiger charge is -2.24. The van der Waals surface area contributed by atoms with Gasteiger partial charge in [-0.05, 0) is 48.5 Å². The van der Waals surface area contributed by atoms with E-state index >= 15 is 4.39 Å². The maximum absolute atomic E-state index is 15.6. The Morgan fingerprint density at radius 1 is 1.09 bits per heavy atom. The topological polar surface area (TPSA) is 145 Å². The Hall–Kier alpha value is -2.93. The highest BCUT2D eigenvalue weighted by molar-refractivity contribution is 5.61. The van der Waals surface area contributed by atoms with Crippen LogP contribution in [0.1, 0.15) is 53.3 Å². The van der Waals surface area contributed by atoms with Gasteiger partial charge in [0.2, 0.25) is 0 Å². The molecule has 1 N–H and O–H groups in total. The van der Waals surface area contributed by atoms with E-state index in [2.05, 4.69) is 0 Å². The first-order valence-electron chi connectivity index (χ1n) is 11.0. The van der Waals surface area contributed by atoms with Gasteiger partial charge in [-0.2, -0.15) is 0 Å². The SMILES string of the molecule is Cc1cn([C@@H]2O[C@H](COC(=O)OC(C)(C)C)[C@H](OC(=O)OC(C)(C)C)C2F)c(=O)n(CCO)c1=O. The van der Waals surface area contributed by atoms with Crippen molar-refractivity contribution in [2.75, 3.05) is 13.2 Å². The predicted molar refractivity (Wildman–Crippen MR) is 119 cm³/mol. The van der Waals surface area contributed by atoms with E-state index in [0.29, 0.717) is 0 Å². The number of aryl methyl sites for hydroxylation is 1. The molecule has 2 heterocycles. The fraction of sp³-hybridized carbons (Fsp3) is 0.727. The Labute approximate surface area is 201 Å². The molecule has 0 bridgehead atoms. The molecule has 0 amide bonds. The number of ether oxygens (including phenoxy) is 5. The zero-order valence-corrected chi connectivity index (χ0v) is 20.9. The van der Waals surface area contributed by atoms with Crippen molar-refractivity contribution < 1.29 is 42.8 Å². The van der Waals surface area contributed by atoms with Gasteiger partial charge in [0, 0.05) is 11.8 Å². The van der Waals surface area contributed by atoms with Crippen LogP contribution in [0, 0.1) is 6.92 Å². The van der Waals surface area contributed by atoms with Crippen molar-refractivity contribution in [3.05, 3.63) is 32.6 Å². The molecular formula is C22H33FN2O10. The zero-order chi connectivity index (χ0) is 26.7. The summed E-state index contributed by atoms with van der Waals surface area (Å²) >= 11 is 0. The van der Waals surface area contributed by atoms with Gasteiger partial charge in [-0.3, -0.25) is 13.9 Å². The van der Waals surface area contributed by atoms with Gasteiger partial charge in [-0.25, -0.2) is 18.8 Å². The molecule has 1 aromatic heterocycles. The molecule has 12 nitrogen and oxygen atoms in total. The lowest BCUT2D eigenvalue weighted by atomic mass is 10.1. The van der Waals surface area contributed by atoms with E-state index in [4.69, 9.17) is 23.7 Å². The summed E-state index contributed by atoms with van der Waals surface area (Å²) < 4.78 is 43.1. The average Bonchev–Trinajstić information content (AvgIpc) is 2.99. The summed E-state index contributed by atoms with van der Waals surface area (Å²) in [6, 6.07) is 0. The van der Waals surface area contributed by atoms with Crippen LogP contribution in [-0.4, -0.2) is 69.3 Å². The number of hydrogen-bond donors (Lipinski definition) is 1. The summed E-state index contributed by atoms with van der Waals surface area (Å²) in [6.45, 7) is 9.66. The van der Waals surface area contributed by atoms with Crippen LogP contribution in [0.2, 0.25) is 0 Å². The number of rotatable bonds is 6. The van der Waals surface area contributed by atoms with Crippen molar-refractivity contribution in [3.8, 4) is 0 Å². The van der Waals surface area contributed by atoms with Crippen LogP contribution in [0.5, 0.6) is 0 Å². The number of halogens is 1. The van der Waals surface area contributed by atoms with Crippen LogP contribution >= 0.6 is 0 Å². The van der Waals surface area contributed by atoms with Crippen LogP contribution in [0.4, 0.5) is 14.0 Å². The van der Waals surface area contributed by atoms with Crippen molar-refractivity contribution in [1.29, 1.82) is 0 Å². The van der Waals surface area contributed by atoms with Crippen molar-refractivity contribution in [2.24, 2.45) is 0 Å². The molecule has 198 valence electrons. The maximum Gasteiger partial charge on any atom is 0.509 e. The molecule has 1 aliphatic heterocycles. The minimum Gasteiger partial charge on any atom is -0.431 e. The van der Waals surface area contributed by atoms with Crippen LogP contribution < -0.4 is 11.2 Å². The molecule has 1 aromatic rings.